The Labute approximate surface area is 119 Å². The Hall–Kier alpha value is -2.35. The SMILES string of the molecule is CC(NC(=O)c1cn(CCN)nn1)c1c(F)cccc1F. The number of amides is 1. The predicted octanol–water partition coefficient (Wildman–Crippen LogP) is 1.01. The maximum Gasteiger partial charge on any atom is 0.273 e. The number of benzene rings is 1. The fourth-order valence-corrected chi connectivity index (χ4v) is 1.91. The number of carbonyl (C=O) groups excluding carboxylic acids is 1. The third kappa shape index (κ3) is 3.40. The van der Waals surface area contributed by atoms with Crippen molar-refractivity contribution in [2.75, 3.05) is 6.54 Å². The van der Waals surface area contributed by atoms with Crippen molar-refractivity contribution in [1.82, 2.24) is 20.3 Å². The molecule has 1 amide bonds. The minimum Gasteiger partial charge on any atom is -0.344 e. The van der Waals surface area contributed by atoms with Gasteiger partial charge in [0.2, 0.25) is 0 Å². The second-order valence-corrected chi connectivity index (χ2v) is 4.49. The fraction of sp³-hybridized carbons (Fsp3) is 0.308. The molecule has 6 nitrogen and oxygen atoms in total. The van der Waals surface area contributed by atoms with Gasteiger partial charge in [0.1, 0.15) is 11.6 Å². The summed E-state index contributed by atoms with van der Waals surface area (Å²) in [5.41, 5.74) is 5.23. The van der Waals surface area contributed by atoms with Gasteiger partial charge in [-0.15, -0.1) is 5.10 Å². The van der Waals surface area contributed by atoms with Crippen molar-refractivity contribution in [2.45, 2.75) is 19.5 Å². The highest BCUT2D eigenvalue weighted by molar-refractivity contribution is 5.92. The largest absolute Gasteiger partial charge is 0.344 e. The van der Waals surface area contributed by atoms with Crippen molar-refractivity contribution in [2.24, 2.45) is 5.73 Å². The lowest BCUT2D eigenvalue weighted by molar-refractivity contribution is 0.0933. The highest BCUT2D eigenvalue weighted by atomic mass is 19.1. The molecular weight excluding hydrogens is 280 g/mol. The van der Waals surface area contributed by atoms with E-state index in [1.807, 2.05) is 0 Å². The summed E-state index contributed by atoms with van der Waals surface area (Å²) in [6.07, 6.45) is 1.42. The van der Waals surface area contributed by atoms with Crippen molar-refractivity contribution >= 4 is 5.91 Å². The molecule has 2 rings (SSSR count). The van der Waals surface area contributed by atoms with Crippen LogP contribution in [0.1, 0.15) is 29.0 Å². The van der Waals surface area contributed by atoms with Crippen LogP contribution >= 0.6 is 0 Å². The zero-order chi connectivity index (χ0) is 15.4. The number of nitrogens with zero attached hydrogens (tertiary/aromatic N) is 3. The Morgan fingerprint density at radius 2 is 2.10 bits per heavy atom. The average molecular weight is 295 g/mol. The number of carbonyl (C=O) groups is 1. The number of rotatable bonds is 5. The van der Waals surface area contributed by atoms with Crippen LogP contribution in [0.5, 0.6) is 0 Å². The summed E-state index contributed by atoms with van der Waals surface area (Å²) in [7, 11) is 0. The summed E-state index contributed by atoms with van der Waals surface area (Å²) in [6, 6.07) is 2.71. The molecule has 2 aromatic rings. The van der Waals surface area contributed by atoms with E-state index >= 15 is 0 Å². The Kier molecular flexibility index (Phi) is 4.59. The van der Waals surface area contributed by atoms with Gasteiger partial charge in [-0.3, -0.25) is 9.48 Å². The van der Waals surface area contributed by atoms with Crippen LogP contribution in [0.2, 0.25) is 0 Å². The smallest absolute Gasteiger partial charge is 0.273 e. The monoisotopic (exact) mass is 295 g/mol. The normalized spacial score (nSPS) is 12.2. The Balaban J connectivity index is 2.11. The lowest BCUT2D eigenvalue weighted by atomic mass is 10.1. The summed E-state index contributed by atoms with van der Waals surface area (Å²) >= 11 is 0. The van der Waals surface area contributed by atoms with Crippen molar-refractivity contribution in [1.29, 1.82) is 0 Å². The van der Waals surface area contributed by atoms with E-state index in [2.05, 4.69) is 15.6 Å². The van der Waals surface area contributed by atoms with Crippen LogP contribution in [0.15, 0.2) is 24.4 Å². The van der Waals surface area contributed by atoms with Gasteiger partial charge in [0.15, 0.2) is 5.69 Å². The molecular formula is C13H15F2N5O. The molecule has 0 saturated carbocycles. The van der Waals surface area contributed by atoms with E-state index < -0.39 is 23.6 Å². The van der Waals surface area contributed by atoms with E-state index in [1.54, 1.807) is 0 Å². The minimum absolute atomic E-state index is 0.0621. The molecule has 1 aromatic carbocycles. The first-order valence-electron chi connectivity index (χ1n) is 6.38. The van der Waals surface area contributed by atoms with Gasteiger partial charge in [-0.2, -0.15) is 0 Å². The van der Waals surface area contributed by atoms with E-state index in [4.69, 9.17) is 5.73 Å². The minimum atomic E-state index is -0.835. The van der Waals surface area contributed by atoms with Crippen LogP contribution in [-0.4, -0.2) is 27.4 Å². The van der Waals surface area contributed by atoms with Crippen LogP contribution in [0.25, 0.3) is 0 Å². The number of hydrogen-bond acceptors (Lipinski definition) is 4. The molecule has 1 aromatic heterocycles. The second-order valence-electron chi connectivity index (χ2n) is 4.49. The lowest BCUT2D eigenvalue weighted by Gasteiger charge is -2.14. The van der Waals surface area contributed by atoms with Crippen LogP contribution < -0.4 is 11.1 Å². The van der Waals surface area contributed by atoms with E-state index in [-0.39, 0.29) is 11.3 Å². The first kappa shape index (κ1) is 15.0. The summed E-state index contributed by atoms with van der Waals surface area (Å²) in [5.74, 6) is -1.99. The standard InChI is InChI=1S/C13H15F2N5O/c1-8(12-9(14)3-2-4-10(12)15)17-13(21)11-7-20(6-5-16)19-18-11/h2-4,7-8H,5-6,16H2,1H3,(H,17,21). The van der Waals surface area contributed by atoms with Crippen LogP contribution in [0.3, 0.4) is 0 Å². The number of nitrogens with one attached hydrogen (secondary N) is 1. The third-order valence-corrected chi connectivity index (χ3v) is 2.91. The topological polar surface area (TPSA) is 85.8 Å². The molecule has 0 aliphatic heterocycles. The summed E-state index contributed by atoms with van der Waals surface area (Å²) in [4.78, 5) is 12.0. The summed E-state index contributed by atoms with van der Waals surface area (Å²) in [5, 5.41) is 9.89. The zero-order valence-corrected chi connectivity index (χ0v) is 11.4. The molecule has 3 N–H and O–H groups in total. The lowest BCUT2D eigenvalue weighted by Crippen LogP contribution is -2.28. The maximum atomic E-state index is 13.6. The molecule has 8 heteroatoms. The first-order valence-corrected chi connectivity index (χ1v) is 6.38. The van der Waals surface area contributed by atoms with Crippen molar-refractivity contribution in [3.8, 4) is 0 Å². The van der Waals surface area contributed by atoms with Crippen molar-refractivity contribution in [3.05, 3.63) is 47.3 Å². The first-order chi connectivity index (χ1) is 10.0. The Morgan fingerprint density at radius 3 is 2.71 bits per heavy atom. The van der Waals surface area contributed by atoms with Crippen LogP contribution in [0.4, 0.5) is 8.78 Å². The van der Waals surface area contributed by atoms with E-state index in [0.29, 0.717) is 13.1 Å². The molecule has 0 spiro atoms. The van der Waals surface area contributed by atoms with Gasteiger partial charge in [-0.1, -0.05) is 11.3 Å². The van der Waals surface area contributed by atoms with Crippen molar-refractivity contribution < 1.29 is 13.6 Å². The molecule has 1 heterocycles. The predicted molar refractivity (Wildman–Crippen MR) is 71.3 cm³/mol. The molecule has 0 bridgehead atoms. The Bertz CT molecular complexity index is 623. The van der Waals surface area contributed by atoms with Gasteiger partial charge in [-0.25, -0.2) is 8.78 Å². The van der Waals surface area contributed by atoms with Gasteiger partial charge in [0.25, 0.3) is 5.91 Å². The number of halogens is 2. The third-order valence-electron chi connectivity index (χ3n) is 2.91. The van der Waals surface area contributed by atoms with Gasteiger partial charge in [-0.05, 0) is 19.1 Å². The molecule has 21 heavy (non-hydrogen) atoms. The van der Waals surface area contributed by atoms with Gasteiger partial charge in [0.05, 0.1) is 18.8 Å². The fourth-order valence-electron chi connectivity index (χ4n) is 1.91. The molecule has 0 saturated heterocycles. The van der Waals surface area contributed by atoms with E-state index in [9.17, 15) is 13.6 Å². The number of aromatic nitrogens is 3. The number of nitrogens with two attached hydrogens (primary N) is 1. The molecule has 1 atom stereocenters. The zero-order valence-electron chi connectivity index (χ0n) is 11.4. The summed E-state index contributed by atoms with van der Waals surface area (Å²) in [6.45, 7) is 2.28. The average Bonchev–Trinajstić information content (AvgIpc) is 2.87. The molecule has 1 unspecified atom stereocenters. The molecule has 0 radical (unpaired) electrons. The maximum absolute atomic E-state index is 13.6. The van der Waals surface area contributed by atoms with Crippen LogP contribution in [-0.2, 0) is 6.54 Å². The second kappa shape index (κ2) is 6.40. The quantitative estimate of drug-likeness (QED) is 0.862. The van der Waals surface area contributed by atoms with Gasteiger partial charge in [0, 0.05) is 12.1 Å². The van der Waals surface area contributed by atoms with Gasteiger partial charge < -0.3 is 11.1 Å². The highest BCUT2D eigenvalue weighted by Gasteiger charge is 2.20. The molecule has 0 aliphatic rings. The van der Waals surface area contributed by atoms with Crippen LogP contribution in [0, 0.1) is 11.6 Å². The Morgan fingerprint density at radius 1 is 1.43 bits per heavy atom. The highest BCUT2D eigenvalue weighted by Crippen LogP contribution is 2.20. The van der Waals surface area contributed by atoms with E-state index in [0.717, 1.165) is 12.1 Å². The van der Waals surface area contributed by atoms with Crippen molar-refractivity contribution in [3.63, 3.8) is 0 Å². The van der Waals surface area contributed by atoms with Gasteiger partial charge >= 0.3 is 0 Å². The van der Waals surface area contributed by atoms with E-state index in [1.165, 1.54) is 23.9 Å². The molecule has 0 aliphatic carbocycles. The molecule has 112 valence electrons. The summed E-state index contributed by atoms with van der Waals surface area (Å²) < 4.78 is 28.7. The molecule has 0 fully saturated rings. The number of hydrogen-bond donors (Lipinski definition) is 2.